The van der Waals surface area contributed by atoms with Gasteiger partial charge in [0.2, 0.25) is 6.41 Å². The first-order valence-corrected chi connectivity index (χ1v) is 6.94. The topological polar surface area (TPSA) is 187 Å². The van der Waals surface area contributed by atoms with E-state index < -0.39 is 39.0 Å². The summed E-state index contributed by atoms with van der Waals surface area (Å²) < 4.78 is 19.8. The molecular formula is C8H16N3O8P. The molecule has 20 heavy (non-hydrogen) atoms. The molecule has 0 spiro atoms. The highest BCUT2D eigenvalue weighted by Crippen LogP contribution is 2.37. The zero-order valence-electron chi connectivity index (χ0n) is 10.2. The van der Waals surface area contributed by atoms with Gasteiger partial charge in [0.15, 0.2) is 6.23 Å². The van der Waals surface area contributed by atoms with E-state index in [1.807, 2.05) is 0 Å². The molecule has 1 fully saturated rings. The van der Waals surface area contributed by atoms with Crippen LogP contribution in [0, 0.1) is 5.41 Å². The number of carbonyl (C=O) groups excluding carboxylic acids is 1. The maximum atomic E-state index is 10.8. The number of aliphatic hydroxyl groups excluding tert-OH is 2. The maximum Gasteiger partial charge on any atom is 0.469 e. The minimum Gasteiger partial charge on any atom is -0.387 e. The Bertz CT molecular complexity index is 415. The average Bonchev–Trinajstić information content (AvgIpc) is 2.60. The molecule has 4 atom stereocenters. The van der Waals surface area contributed by atoms with E-state index in [0.29, 0.717) is 0 Å². The summed E-state index contributed by atoms with van der Waals surface area (Å²) in [5.41, 5.74) is 5.12. The number of hydrogen-bond acceptors (Lipinski definition) is 7. The Balaban J connectivity index is 2.70. The van der Waals surface area contributed by atoms with E-state index >= 15 is 0 Å². The van der Waals surface area contributed by atoms with Crippen molar-refractivity contribution in [3.05, 3.63) is 0 Å². The van der Waals surface area contributed by atoms with Crippen LogP contribution in [0.1, 0.15) is 0 Å². The van der Waals surface area contributed by atoms with Crippen molar-refractivity contribution in [3.63, 3.8) is 0 Å². The summed E-state index contributed by atoms with van der Waals surface area (Å²) in [4.78, 5) is 28.8. The predicted molar refractivity (Wildman–Crippen MR) is 63.4 cm³/mol. The third kappa shape index (κ3) is 4.49. The molecule has 0 unspecified atom stereocenters. The first-order valence-electron chi connectivity index (χ1n) is 5.41. The molecule has 0 bridgehead atoms. The molecule has 1 heterocycles. The van der Waals surface area contributed by atoms with Crippen molar-refractivity contribution in [2.45, 2.75) is 24.5 Å². The summed E-state index contributed by atoms with van der Waals surface area (Å²) in [7, 11) is -4.75. The van der Waals surface area contributed by atoms with E-state index in [4.69, 9.17) is 25.7 Å². The van der Waals surface area contributed by atoms with Gasteiger partial charge in [0, 0.05) is 0 Å². The van der Waals surface area contributed by atoms with Crippen LogP contribution in [0.4, 0.5) is 0 Å². The molecule has 0 aromatic rings. The average molecular weight is 313 g/mol. The molecule has 0 aliphatic carbocycles. The molecule has 1 saturated heterocycles. The van der Waals surface area contributed by atoms with Gasteiger partial charge in [-0.15, -0.1) is 0 Å². The van der Waals surface area contributed by atoms with Gasteiger partial charge in [0.05, 0.1) is 13.2 Å². The van der Waals surface area contributed by atoms with Crippen LogP contribution in [-0.2, 0) is 18.6 Å². The van der Waals surface area contributed by atoms with Crippen LogP contribution in [0.2, 0.25) is 0 Å². The highest BCUT2D eigenvalue weighted by molar-refractivity contribution is 7.46. The molecule has 1 aliphatic rings. The molecule has 0 saturated carbocycles. The second-order valence-corrected chi connectivity index (χ2v) is 5.37. The Labute approximate surface area is 113 Å². The number of rotatable bonds is 7. The minimum absolute atomic E-state index is 0.272. The van der Waals surface area contributed by atoms with E-state index in [1.54, 1.807) is 0 Å². The lowest BCUT2D eigenvalue weighted by molar-refractivity contribution is -0.137. The summed E-state index contributed by atoms with van der Waals surface area (Å²) in [6.07, 6.45) is -5.30. The number of carbonyl (C=O) groups is 1. The SMILES string of the molecule is N=C(N)CN(C=O)[C@@H]1O[C@H](COP(=O)(O)O)[C@@H](O)[C@H]1O. The third-order valence-corrected chi connectivity index (χ3v) is 3.04. The highest BCUT2D eigenvalue weighted by atomic mass is 31.2. The molecule has 0 aromatic carbocycles. The number of phosphoric ester groups is 1. The van der Waals surface area contributed by atoms with E-state index in [1.165, 1.54) is 0 Å². The van der Waals surface area contributed by atoms with Crippen molar-refractivity contribution in [2.24, 2.45) is 5.73 Å². The number of ether oxygens (including phenoxy) is 1. The van der Waals surface area contributed by atoms with E-state index in [-0.39, 0.29) is 18.8 Å². The summed E-state index contributed by atoms with van der Waals surface area (Å²) in [6, 6.07) is 0. The number of nitrogens with one attached hydrogen (secondary N) is 1. The van der Waals surface area contributed by atoms with Gasteiger partial charge in [-0.25, -0.2) is 4.57 Å². The fraction of sp³-hybridized carbons (Fsp3) is 0.750. The van der Waals surface area contributed by atoms with Crippen LogP contribution in [-0.4, -0.2) is 74.8 Å². The Morgan fingerprint density at radius 3 is 2.50 bits per heavy atom. The lowest BCUT2D eigenvalue weighted by atomic mass is 10.1. The quantitative estimate of drug-likeness (QED) is 0.123. The molecule has 0 radical (unpaired) electrons. The van der Waals surface area contributed by atoms with Crippen LogP contribution >= 0.6 is 7.82 Å². The van der Waals surface area contributed by atoms with Gasteiger partial charge in [-0.05, 0) is 0 Å². The smallest absolute Gasteiger partial charge is 0.387 e. The van der Waals surface area contributed by atoms with Gasteiger partial charge in [-0.2, -0.15) is 0 Å². The predicted octanol–water partition coefficient (Wildman–Crippen LogP) is -3.06. The number of nitrogens with zero attached hydrogens (tertiary/aromatic N) is 1. The summed E-state index contributed by atoms with van der Waals surface area (Å²) in [5.74, 6) is -0.364. The zero-order valence-corrected chi connectivity index (χ0v) is 11.1. The van der Waals surface area contributed by atoms with Crippen LogP contribution in [0.3, 0.4) is 0 Å². The molecule has 1 amide bonds. The first kappa shape index (κ1) is 17.0. The molecule has 12 heteroatoms. The van der Waals surface area contributed by atoms with Crippen LogP contribution < -0.4 is 5.73 Å². The molecule has 1 aliphatic heterocycles. The van der Waals surface area contributed by atoms with Crippen molar-refractivity contribution < 1.29 is 38.6 Å². The molecule has 7 N–H and O–H groups in total. The van der Waals surface area contributed by atoms with Crippen molar-refractivity contribution in [1.82, 2.24) is 4.90 Å². The number of amidine groups is 1. The Hall–Kier alpha value is -1.07. The molecule has 0 aromatic heterocycles. The van der Waals surface area contributed by atoms with Gasteiger partial charge in [-0.3, -0.25) is 14.7 Å². The Kier molecular flexibility index (Phi) is 5.59. The second-order valence-electron chi connectivity index (χ2n) is 4.14. The minimum atomic E-state index is -4.75. The summed E-state index contributed by atoms with van der Waals surface area (Å²) >= 11 is 0. The molecular weight excluding hydrogens is 297 g/mol. The number of amides is 1. The van der Waals surface area contributed by atoms with Crippen LogP contribution in [0.5, 0.6) is 0 Å². The lowest BCUT2D eigenvalue weighted by Gasteiger charge is -2.26. The van der Waals surface area contributed by atoms with Crippen LogP contribution in [0.25, 0.3) is 0 Å². The number of hydrogen-bond donors (Lipinski definition) is 6. The van der Waals surface area contributed by atoms with E-state index in [0.717, 1.165) is 4.90 Å². The molecule has 1 rings (SSSR count). The van der Waals surface area contributed by atoms with E-state index in [2.05, 4.69) is 4.52 Å². The molecule has 116 valence electrons. The van der Waals surface area contributed by atoms with Gasteiger partial charge in [0.25, 0.3) is 0 Å². The Morgan fingerprint density at radius 2 is 2.05 bits per heavy atom. The summed E-state index contributed by atoms with van der Waals surface area (Å²) in [5, 5.41) is 26.5. The monoisotopic (exact) mass is 313 g/mol. The van der Waals surface area contributed by atoms with Crippen molar-refractivity contribution >= 4 is 20.1 Å². The Morgan fingerprint density at radius 1 is 1.45 bits per heavy atom. The first-order chi connectivity index (χ1) is 9.15. The van der Waals surface area contributed by atoms with Gasteiger partial charge >= 0.3 is 7.82 Å². The van der Waals surface area contributed by atoms with Crippen molar-refractivity contribution in [2.75, 3.05) is 13.2 Å². The fourth-order valence-electron chi connectivity index (χ4n) is 1.70. The van der Waals surface area contributed by atoms with Gasteiger partial charge in [-0.1, -0.05) is 0 Å². The number of aliphatic hydroxyl groups is 2. The van der Waals surface area contributed by atoms with Gasteiger partial charge < -0.3 is 35.4 Å². The van der Waals surface area contributed by atoms with Crippen molar-refractivity contribution in [3.8, 4) is 0 Å². The van der Waals surface area contributed by atoms with Crippen LogP contribution in [0.15, 0.2) is 0 Å². The fourth-order valence-corrected chi connectivity index (χ4v) is 2.04. The second kappa shape index (κ2) is 6.59. The standard InChI is InChI=1S/C8H16N3O8P/c9-5(10)1-11(3-12)8-7(14)6(13)4(19-8)2-18-20(15,16)17/h3-4,6-8,13-14H,1-2H2,(H3,9,10)(H2,15,16,17)/t4-,6-,7-,8-/m1/s1. The highest BCUT2D eigenvalue weighted by Gasteiger charge is 2.46. The summed E-state index contributed by atoms with van der Waals surface area (Å²) in [6.45, 7) is -1.00. The van der Waals surface area contributed by atoms with Crippen molar-refractivity contribution in [1.29, 1.82) is 5.41 Å². The van der Waals surface area contributed by atoms with Gasteiger partial charge in [0.1, 0.15) is 24.1 Å². The number of nitrogens with two attached hydrogens (primary N) is 1. The normalized spacial score (nSPS) is 30.2. The number of phosphoric acid groups is 1. The molecule has 11 nitrogen and oxygen atoms in total. The largest absolute Gasteiger partial charge is 0.469 e. The maximum absolute atomic E-state index is 10.8. The zero-order chi connectivity index (χ0) is 15.5. The third-order valence-electron chi connectivity index (χ3n) is 2.56. The lowest BCUT2D eigenvalue weighted by Crippen LogP contribution is -2.46. The van der Waals surface area contributed by atoms with E-state index in [9.17, 15) is 19.6 Å².